The maximum atomic E-state index is 12.1. The summed E-state index contributed by atoms with van der Waals surface area (Å²) in [7, 11) is 0. The molecule has 15 aromatic rings. The van der Waals surface area contributed by atoms with Crippen LogP contribution in [0.4, 0.5) is 5.82 Å². The third-order valence-corrected chi connectivity index (χ3v) is 19.5. The van der Waals surface area contributed by atoms with Gasteiger partial charge in [0.1, 0.15) is 12.1 Å². The second-order valence-corrected chi connectivity index (χ2v) is 37.5. The van der Waals surface area contributed by atoms with Crippen molar-refractivity contribution in [3.8, 4) is 45.9 Å². The summed E-state index contributed by atoms with van der Waals surface area (Å²) in [4.78, 5) is 129. The number of Topliss-reactive ketones (excluding diaryl/α,β-unsaturated/α-hetero) is 4. The van der Waals surface area contributed by atoms with Gasteiger partial charge in [-0.2, -0.15) is 10.5 Å². The number of aliphatic carboxylic acids is 2. The minimum Gasteiger partial charge on any atom is -1.00 e. The number of benzene rings is 5. The van der Waals surface area contributed by atoms with Gasteiger partial charge in [0.05, 0.1) is 65.2 Å². The van der Waals surface area contributed by atoms with Gasteiger partial charge < -0.3 is 66.7 Å². The number of H-pyrrole nitrogens is 2. The second kappa shape index (κ2) is 66.9. The normalized spacial score (nSPS) is 9.80. The number of imidazole rings is 5. The molecule has 0 radical (unpaired) electrons. The van der Waals surface area contributed by atoms with E-state index in [2.05, 4.69) is 116 Å². The number of fused-ring (bicyclic) bond motifs is 3. The molecule has 0 unspecified atom stereocenters. The van der Waals surface area contributed by atoms with Crippen molar-refractivity contribution >= 4 is 247 Å². The largest absolute Gasteiger partial charge is 1.00 e. The summed E-state index contributed by atoms with van der Waals surface area (Å²) in [5.41, 5.74) is 15.1. The zero-order valence-electron chi connectivity index (χ0n) is 72.9. The molecule has 10 N–H and O–H groups in total. The number of carboxylic acids is 2. The molecule has 0 saturated carbocycles. The Hall–Kier alpha value is -7.73. The summed E-state index contributed by atoms with van der Waals surface area (Å²) in [6.45, 7) is 6.25. The number of carboxylic acid groups (broad SMARTS) is 2. The van der Waals surface area contributed by atoms with E-state index in [1.165, 1.54) is 30.7 Å². The molecule has 0 bridgehead atoms. The molecule has 0 fully saturated rings. The summed E-state index contributed by atoms with van der Waals surface area (Å²) in [5.74, 6) is -0.788. The first-order chi connectivity index (χ1) is 63.1. The van der Waals surface area contributed by atoms with E-state index in [0.717, 1.165) is 73.4 Å². The van der Waals surface area contributed by atoms with Crippen LogP contribution in [0.2, 0.25) is 55.4 Å². The Balaban J connectivity index is 0.00000157. The van der Waals surface area contributed by atoms with Crippen LogP contribution in [0.15, 0.2) is 213 Å². The third-order valence-electron chi connectivity index (χ3n) is 16.0. The average molecular weight is 2290 g/mol. The summed E-state index contributed by atoms with van der Waals surface area (Å²) in [5, 5.41) is 46.3. The van der Waals surface area contributed by atoms with E-state index in [0.29, 0.717) is 131 Å². The maximum absolute atomic E-state index is 12.1. The van der Waals surface area contributed by atoms with Crippen molar-refractivity contribution in [3.05, 3.63) is 319 Å². The van der Waals surface area contributed by atoms with Crippen LogP contribution in [0.25, 0.3) is 50.7 Å². The Bertz CT molecular complexity index is 6660. The molecule has 712 valence electrons. The molecule has 51 heteroatoms. The number of alkyl halides is 1. The molecule has 0 spiro atoms. The number of halogens is 15. The number of hydrogen-bond donors (Lipinski definition) is 7. The fourth-order valence-corrected chi connectivity index (χ4v) is 13.5. The zero-order chi connectivity index (χ0) is 98.6. The Kier molecular flexibility index (Phi) is 62.1. The van der Waals surface area contributed by atoms with Gasteiger partial charge in [0.2, 0.25) is 5.65 Å². The molecular formula is C86H78BrCl14K2N20O13P. The third kappa shape index (κ3) is 46.3. The smallest absolute Gasteiger partial charge is 1.00 e. The number of anilines is 1. The van der Waals surface area contributed by atoms with Crippen LogP contribution in [0.3, 0.4) is 0 Å². The molecule has 137 heavy (non-hydrogen) atoms. The molecule has 0 atom stereocenters. The van der Waals surface area contributed by atoms with Gasteiger partial charge in [0.15, 0.2) is 57.0 Å². The van der Waals surface area contributed by atoms with Gasteiger partial charge in [-0.3, -0.25) is 52.9 Å². The Morgan fingerprint density at radius 3 is 1.36 bits per heavy atom. The van der Waals surface area contributed by atoms with Gasteiger partial charge in [0, 0.05) is 192 Å². The number of aryl methyl sites for hydroxylation is 2. The van der Waals surface area contributed by atoms with Gasteiger partial charge in [0.25, 0.3) is 24.0 Å². The Labute approximate surface area is 948 Å². The topological polar surface area (TPSA) is 513 Å². The number of aromatic amines is 2. The molecule has 33 nitrogen and oxygen atoms in total. The minimum atomic E-state index is -3.22. The van der Waals surface area contributed by atoms with Crippen LogP contribution < -0.4 is 131 Å². The van der Waals surface area contributed by atoms with E-state index in [4.69, 9.17) is 179 Å². The second-order valence-electron chi connectivity index (χ2n) is 25.7. The Morgan fingerprint density at radius 2 is 0.971 bits per heavy atom. The fraction of sp³-hybridized carbons (Fsp3) is 0.151. The number of ketones is 4. The van der Waals surface area contributed by atoms with E-state index in [1.807, 2.05) is 53.3 Å². The maximum Gasteiger partial charge on any atom is 1.00 e. The molecular weight excluding hydrogens is 2210 g/mol. The first-order valence-electron chi connectivity index (χ1n) is 37.4. The number of aromatic nitrogens is 15. The number of nitrogens with zero attached hydrogens (tertiary/aromatic N) is 15. The molecule has 0 amide bonds. The van der Waals surface area contributed by atoms with Crippen LogP contribution in [0.5, 0.6) is 0 Å². The monoisotopic (exact) mass is 2280 g/mol. The van der Waals surface area contributed by atoms with Crippen LogP contribution >= 0.6 is 182 Å². The van der Waals surface area contributed by atoms with Gasteiger partial charge >= 0.3 is 108 Å². The average Bonchev–Trinajstić information content (AvgIpc) is 1.62. The zero-order valence-corrected chi connectivity index (χ0v) is 91.2. The number of nitriles is 2. The first-order valence-corrected chi connectivity index (χ1v) is 47.1. The van der Waals surface area contributed by atoms with Crippen molar-refractivity contribution in [1.29, 1.82) is 10.5 Å². The van der Waals surface area contributed by atoms with Crippen LogP contribution in [-0.4, -0.2) is 143 Å². The molecule has 0 aliphatic carbocycles. The van der Waals surface area contributed by atoms with Crippen molar-refractivity contribution < 1.29 is 163 Å². The quantitative estimate of drug-likeness (QED) is 0.00578. The number of nitrogens with one attached hydrogen (secondary N) is 3. The molecule has 5 aromatic carbocycles. The summed E-state index contributed by atoms with van der Waals surface area (Å²) in [6.07, 6.45) is 28.7. The molecule has 0 saturated heterocycles. The summed E-state index contributed by atoms with van der Waals surface area (Å²) in [6, 6.07) is 36.6. The molecule has 10 aromatic heterocycles. The van der Waals surface area contributed by atoms with Gasteiger partial charge in [-0.25, -0.2) is 34.9 Å². The van der Waals surface area contributed by atoms with Gasteiger partial charge in [-0.15, -0.1) is 0 Å². The standard InChI is InChI=1S/C21H16Cl2N6.C13H10Cl2N2O2.C12H6Cl3N3.C12H7Cl2N3O.C9H11N3.C8H5BrCl2O.C5H6N2O.2C2H4O2.CH2O3.CH4.Cl3OP.2K.H3N.H/c22-15-4-6-17(18(23)10-15)19-13-29-9-8-26-21(29)20(28-19)25-7-1-2-16-5-3-14(11-24)12-27-16;1-8(18)13-16-4-5-17(13)7-12(19)10-3-2-9(14)6-11(10)15;13-7-1-2-8(9(14)5-7)10-6-18-4-3-16-12(18)11(15)17-10;13-7-1-2-8(9(14)5-7)10-6-17-4-3-15-11(17)12(18)16-10;10-5-1-2-9-4-3-8(6-11)7-12-9;9-4-8(12)6-2-1-5(10)3-7(6)11;1-4(8)5-6-2-3-7-5;2*1-2(3)4;2-1-4-3;;1-5(2,3)4;;;;/h3-6,8-10,12-13H,1-2,7H2,(H,25,28);2-6H,7H2,1H3;1-6H;1-6H,(H,16,18);3-4,7H,1-2,5,10H2;1-3H,4H2;2-3H,1H3,(H,6,7);2*1H3,(H,3,4);1,3H;1H4;;;;1H3;/q;;;;;;;;;;;;2*+1;;-1/p-1. The minimum absolute atomic E-state index is 0. The number of pyridine rings is 2. The summed E-state index contributed by atoms with van der Waals surface area (Å²) < 4.78 is 16.4. The molecule has 15 rings (SSSR count). The van der Waals surface area contributed by atoms with Crippen LogP contribution in [0.1, 0.15) is 114 Å². The van der Waals surface area contributed by atoms with Crippen LogP contribution in [0, 0.1) is 22.7 Å². The van der Waals surface area contributed by atoms with E-state index < -0.39 is 17.1 Å². The van der Waals surface area contributed by atoms with E-state index in [9.17, 15) is 28.5 Å². The SMILES string of the molecule is C.CC(=O)O.CC(=O)O.CC(=O)c1ncc[nH]1.CC(=O)c1nccn1CC(=O)c1ccc(Cl)cc1Cl.Clc1ccc(-c2cn3ccnc3c(Cl)n2)c(Cl)c1.N.N#Cc1ccc(CCCN)nc1.N#Cc1ccc(CCCNc2nc(-c3ccc(Cl)cc3Cl)cn3ccnc23)nc1.O=C(CBr)c1ccc(Cl)cc1Cl.O=CO[O-].O=P(Cl)(Cl)Cl.O=c1[nH]c(-c2ccc(Cl)cc2Cl)cn2ccnc12.[H-].[K+].[K+]. The number of nitrogens with two attached hydrogens (primary N) is 1. The number of carbonyl (C=O) groups excluding carboxylic acids is 5. The predicted molar refractivity (Wildman–Crippen MR) is 533 cm³/mol. The van der Waals surface area contributed by atoms with Crippen LogP contribution in [-0.2, 0) is 43.2 Å². The van der Waals surface area contributed by atoms with E-state index in [1.54, 1.807) is 162 Å². The Morgan fingerprint density at radius 1 is 0.562 bits per heavy atom. The molecule has 0 aliphatic rings. The summed E-state index contributed by atoms with van der Waals surface area (Å²) >= 11 is 82.5. The predicted octanol–water partition coefficient (Wildman–Crippen LogP) is 17.0. The van der Waals surface area contributed by atoms with Crippen molar-refractivity contribution in [2.75, 3.05) is 23.7 Å². The van der Waals surface area contributed by atoms with Crippen molar-refractivity contribution in [3.63, 3.8) is 0 Å². The van der Waals surface area contributed by atoms with Crippen molar-refractivity contribution in [1.82, 2.24) is 78.7 Å². The molecule has 0 aliphatic heterocycles. The number of carbonyl (C=O) groups is 7. The van der Waals surface area contributed by atoms with E-state index in [-0.39, 0.29) is 171 Å². The van der Waals surface area contributed by atoms with Gasteiger partial charge in [-0.1, -0.05) is 151 Å². The first kappa shape index (κ1) is 127. The molecule has 10 heterocycles. The van der Waals surface area contributed by atoms with Gasteiger partial charge in [-0.05, 0) is 181 Å². The number of hydrogen-bond acceptors (Lipinski definition) is 25. The van der Waals surface area contributed by atoms with Crippen molar-refractivity contribution in [2.24, 2.45) is 5.73 Å². The van der Waals surface area contributed by atoms with Crippen molar-refractivity contribution in [2.45, 2.75) is 67.3 Å². The van der Waals surface area contributed by atoms with E-state index >= 15 is 0 Å². The fourth-order valence-electron chi connectivity index (χ4n) is 10.4. The number of rotatable bonds is 19.